The number of halogens is 1. The van der Waals surface area contributed by atoms with Gasteiger partial charge in [0, 0.05) is 21.7 Å². The third kappa shape index (κ3) is 3.02. The van der Waals surface area contributed by atoms with Gasteiger partial charge in [-0.3, -0.25) is 0 Å². The van der Waals surface area contributed by atoms with Crippen molar-refractivity contribution in [2.75, 3.05) is 0 Å². The van der Waals surface area contributed by atoms with Crippen LogP contribution in [0.4, 0.5) is 0 Å². The molecule has 0 atom stereocenters. The highest BCUT2D eigenvalue weighted by Gasteiger charge is 2.13. The van der Waals surface area contributed by atoms with Crippen LogP contribution in [0.25, 0.3) is 22.6 Å². The fourth-order valence-electron chi connectivity index (χ4n) is 2.23. The van der Waals surface area contributed by atoms with E-state index in [9.17, 15) is 4.79 Å². The SMILES string of the molecule is O=c1cc(CSc2nnc(-c3ccco3)o2)c2ccc(Br)cc2o1. The first-order valence-electron chi connectivity index (χ1n) is 6.91. The summed E-state index contributed by atoms with van der Waals surface area (Å²) in [6.07, 6.45) is 1.54. The Labute approximate surface area is 148 Å². The Hall–Kier alpha value is -2.32. The van der Waals surface area contributed by atoms with Crippen molar-refractivity contribution in [3.8, 4) is 11.7 Å². The van der Waals surface area contributed by atoms with Crippen LogP contribution in [0.15, 0.2) is 70.4 Å². The summed E-state index contributed by atoms with van der Waals surface area (Å²) in [5.41, 5.74) is 0.990. The zero-order valence-electron chi connectivity index (χ0n) is 12.1. The quantitative estimate of drug-likeness (QED) is 0.365. The van der Waals surface area contributed by atoms with Gasteiger partial charge in [0.1, 0.15) is 5.58 Å². The highest BCUT2D eigenvalue weighted by molar-refractivity contribution is 9.10. The molecule has 0 fully saturated rings. The minimum absolute atomic E-state index is 0.323. The van der Waals surface area contributed by atoms with Crippen LogP contribution in [-0.2, 0) is 5.75 Å². The van der Waals surface area contributed by atoms with Gasteiger partial charge in [0.2, 0.25) is 0 Å². The molecule has 0 saturated heterocycles. The van der Waals surface area contributed by atoms with Crippen molar-refractivity contribution in [1.29, 1.82) is 0 Å². The van der Waals surface area contributed by atoms with Gasteiger partial charge in [0.15, 0.2) is 5.76 Å². The fraction of sp³-hybridized carbons (Fsp3) is 0.0625. The molecular weight excluding hydrogens is 396 g/mol. The van der Waals surface area contributed by atoms with E-state index in [0.717, 1.165) is 15.4 Å². The first kappa shape index (κ1) is 15.2. The summed E-state index contributed by atoms with van der Waals surface area (Å²) in [6.45, 7) is 0. The third-order valence-corrected chi connectivity index (χ3v) is 4.64. The Kier molecular flexibility index (Phi) is 3.99. The monoisotopic (exact) mass is 404 g/mol. The molecule has 6 nitrogen and oxygen atoms in total. The van der Waals surface area contributed by atoms with Gasteiger partial charge in [-0.1, -0.05) is 27.7 Å². The molecule has 0 aliphatic rings. The van der Waals surface area contributed by atoms with E-state index in [1.54, 1.807) is 24.5 Å². The van der Waals surface area contributed by atoms with Crippen LogP contribution in [0, 0.1) is 0 Å². The molecule has 0 amide bonds. The molecule has 3 heterocycles. The third-order valence-electron chi connectivity index (χ3n) is 3.28. The van der Waals surface area contributed by atoms with Crippen molar-refractivity contribution in [3.63, 3.8) is 0 Å². The van der Waals surface area contributed by atoms with E-state index in [1.807, 2.05) is 12.1 Å². The Morgan fingerprint density at radius 1 is 1.12 bits per heavy atom. The molecule has 4 rings (SSSR count). The maximum absolute atomic E-state index is 11.7. The molecule has 0 spiro atoms. The summed E-state index contributed by atoms with van der Waals surface area (Å²) < 4.78 is 16.8. The largest absolute Gasteiger partial charge is 0.459 e. The molecule has 1 aromatic carbocycles. The predicted molar refractivity (Wildman–Crippen MR) is 91.7 cm³/mol. The standard InChI is InChI=1S/C16H9BrN2O4S/c17-10-3-4-11-9(6-14(20)22-13(11)7-10)8-24-16-19-18-15(23-16)12-2-1-5-21-12/h1-7H,8H2. The highest BCUT2D eigenvalue weighted by atomic mass is 79.9. The minimum Gasteiger partial charge on any atom is -0.459 e. The summed E-state index contributed by atoms with van der Waals surface area (Å²) in [4.78, 5) is 11.7. The minimum atomic E-state index is -0.391. The van der Waals surface area contributed by atoms with Gasteiger partial charge in [-0.2, -0.15) is 0 Å². The Morgan fingerprint density at radius 2 is 2.04 bits per heavy atom. The molecule has 0 aliphatic carbocycles. The lowest BCUT2D eigenvalue weighted by molar-refractivity contribution is 0.447. The number of furan rings is 1. The van der Waals surface area contributed by atoms with Crippen molar-refractivity contribution >= 4 is 38.7 Å². The average Bonchev–Trinajstić information content (AvgIpc) is 3.23. The lowest BCUT2D eigenvalue weighted by Crippen LogP contribution is -1.99. The summed E-state index contributed by atoms with van der Waals surface area (Å²) in [5, 5.41) is 9.20. The van der Waals surface area contributed by atoms with Gasteiger partial charge in [-0.15, -0.1) is 10.2 Å². The maximum atomic E-state index is 11.7. The topological polar surface area (TPSA) is 82.3 Å². The van der Waals surface area contributed by atoms with Gasteiger partial charge < -0.3 is 13.3 Å². The Morgan fingerprint density at radius 3 is 2.88 bits per heavy atom. The van der Waals surface area contributed by atoms with Crippen molar-refractivity contribution in [2.24, 2.45) is 0 Å². The van der Waals surface area contributed by atoms with Gasteiger partial charge in [0.25, 0.3) is 11.1 Å². The number of nitrogens with zero attached hydrogens (tertiary/aromatic N) is 2. The molecular formula is C16H9BrN2O4S. The molecule has 24 heavy (non-hydrogen) atoms. The molecule has 3 aromatic heterocycles. The number of hydrogen-bond acceptors (Lipinski definition) is 7. The second kappa shape index (κ2) is 6.29. The van der Waals surface area contributed by atoms with Gasteiger partial charge >= 0.3 is 5.63 Å². The zero-order valence-corrected chi connectivity index (χ0v) is 14.5. The summed E-state index contributed by atoms with van der Waals surface area (Å²) in [5.74, 6) is 1.35. The maximum Gasteiger partial charge on any atom is 0.336 e. The average molecular weight is 405 g/mol. The zero-order chi connectivity index (χ0) is 16.5. The van der Waals surface area contributed by atoms with Crippen LogP contribution in [0.5, 0.6) is 0 Å². The van der Waals surface area contributed by atoms with Crippen LogP contribution < -0.4 is 5.63 Å². The van der Waals surface area contributed by atoms with E-state index in [4.69, 9.17) is 13.3 Å². The molecule has 0 unspecified atom stereocenters. The summed E-state index contributed by atoms with van der Waals surface area (Å²) in [7, 11) is 0. The first-order chi connectivity index (χ1) is 11.7. The van der Waals surface area contributed by atoms with Crippen LogP contribution in [0.1, 0.15) is 5.56 Å². The lowest BCUT2D eigenvalue weighted by atomic mass is 10.1. The van der Waals surface area contributed by atoms with E-state index in [2.05, 4.69) is 26.1 Å². The van der Waals surface area contributed by atoms with Crippen LogP contribution in [0.2, 0.25) is 0 Å². The number of rotatable bonds is 4. The number of benzene rings is 1. The molecule has 120 valence electrons. The molecule has 8 heteroatoms. The molecule has 0 radical (unpaired) electrons. The van der Waals surface area contributed by atoms with Crippen LogP contribution in [0.3, 0.4) is 0 Å². The van der Waals surface area contributed by atoms with E-state index in [1.165, 1.54) is 17.8 Å². The second-order valence-electron chi connectivity index (χ2n) is 4.87. The molecule has 0 N–H and O–H groups in total. The van der Waals surface area contributed by atoms with Gasteiger partial charge in [-0.25, -0.2) is 4.79 Å². The molecule has 0 bridgehead atoms. The number of thioether (sulfide) groups is 1. The van der Waals surface area contributed by atoms with E-state index >= 15 is 0 Å². The van der Waals surface area contributed by atoms with E-state index < -0.39 is 5.63 Å². The lowest BCUT2D eigenvalue weighted by Gasteiger charge is -2.03. The number of fused-ring (bicyclic) bond motifs is 1. The number of hydrogen-bond donors (Lipinski definition) is 0. The van der Waals surface area contributed by atoms with Crippen LogP contribution >= 0.6 is 27.7 Å². The fourth-order valence-corrected chi connectivity index (χ4v) is 3.32. The summed E-state index contributed by atoms with van der Waals surface area (Å²) >= 11 is 4.71. The molecule has 0 saturated carbocycles. The number of aromatic nitrogens is 2. The van der Waals surface area contributed by atoms with Gasteiger partial charge in [0.05, 0.1) is 6.26 Å². The summed E-state index contributed by atoms with van der Waals surface area (Å²) in [6, 6.07) is 10.5. The predicted octanol–water partition coefficient (Wildman–Crippen LogP) is 4.49. The van der Waals surface area contributed by atoms with E-state index in [0.29, 0.717) is 28.2 Å². The second-order valence-corrected chi connectivity index (χ2v) is 6.71. The van der Waals surface area contributed by atoms with Crippen molar-refractivity contribution < 1.29 is 13.3 Å². The Bertz CT molecular complexity index is 1060. The normalized spacial score (nSPS) is 11.2. The highest BCUT2D eigenvalue weighted by Crippen LogP contribution is 2.29. The smallest absolute Gasteiger partial charge is 0.336 e. The van der Waals surface area contributed by atoms with Crippen molar-refractivity contribution in [1.82, 2.24) is 10.2 Å². The van der Waals surface area contributed by atoms with Crippen molar-refractivity contribution in [2.45, 2.75) is 11.0 Å². The first-order valence-corrected chi connectivity index (χ1v) is 8.69. The molecule has 4 aromatic rings. The van der Waals surface area contributed by atoms with E-state index in [-0.39, 0.29) is 0 Å². The van der Waals surface area contributed by atoms with Crippen LogP contribution in [-0.4, -0.2) is 10.2 Å². The Balaban J connectivity index is 1.60. The molecule has 0 aliphatic heterocycles. The van der Waals surface area contributed by atoms with Crippen molar-refractivity contribution in [3.05, 3.63) is 63.1 Å². The van der Waals surface area contributed by atoms with Gasteiger partial charge in [-0.05, 0) is 35.9 Å².